The van der Waals surface area contributed by atoms with Crippen molar-refractivity contribution in [2.75, 3.05) is 13.2 Å². The third-order valence-corrected chi connectivity index (χ3v) is 2.28. The van der Waals surface area contributed by atoms with Gasteiger partial charge >= 0.3 is 0 Å². The zero-order chi connectivity index (χ0) is 10.6. The van der Waals surface area contributed by atoms with Gasteiger partial charge in [0.2, 0.25) is 0 Å². The molecule has 0 unspecified atom stereocenters. The van der Waals surface area contributed by atoms with E-state index in [-0.39, 0.29) is 0 Å². The van der Waals surface area contributed by atoms with Crippen LogP contribution in [0.2, 0.25) is 0 Å². The van der Waals surface area contributed by atoms with Gasteiger partial charge in [-0.15, -0.1) is 0 Å². The van der Waals surface area contributed by atoms with E-state index in [2.05, 4.69) is 24.9 Å². The van der Waals surface area contributed by atoms with Crippen LogP contribution in [0.3, 0.4) is 0 Å². The van der Waals surface area contributed by atoms with Crippen molar-refractivity contribution in [1.82, 2.24) is 4.98 Å². The second kappa shape index (κ2) is 5.11. The van der Waals surface area contributed by atoms with Gasteiger partial charge in [-0.2, -0.15) is 0 Å². The highest BCUT2D eigenvalue weighted by atomic mass is 16.5. The molecule has 2 rings (SSSR count). The lowest BCUT2D eigenvalue weighted by molar-refractivity contribution is 0.00643. The van der Waals surface area contributed by atoms with Gasteiger partial charge < -0.3 is 4.74 Å². The number of aryl methyl sites for hydroxylation is 2. The van der Waals surface area contributed by atoms with Gasteiger partial charge in [0.15, 0.2) is 0 Å². The maximum atomic E-state index is 5.13. The fourth-order valence-electron chi connectivity index (χ4n) is 1.55. The molecule has 78 valence electrons. The third kappa shape index (κ3) is 2.32. The summed E-state index contributed by atoms with van der Waals surface area (Å²) in [4.78, 5) is 4.42. The first kappa shape index (κ1) is 11.2. The normalized spacial score (nSPS) is 15.4. The molecule has 0 saturated carbocycles. The predicted molar refractivity (Wildman–Crippen MR) is 58.6 cm³/mol. The number of rotatable bonds is 1. The summed E-state index contributed by atoms with van der Waals surface area (Å²) in [5, 5.41) is 0. The summed E-state index contributed by atoms with van der Waals surface area (Å²) in [7, 11) is 0. The minimum atomic E-state index is 0.547. The van der Waals surface area contributed by atoms with Crippen LogP contribution in [0.4, 0.5) is 0 Å². The molecule has 0 bridgehead atoms. The largest absolute Gasteiger partial charge is 0.380 e. The lowest BCUT2D eigenvalue weighted by Gasteiger charge is -2.26. The molecule has 1 aliphatic rings. The SMILES string of the molecule is CC.Cc1cnc(C2COC2)c(C)c1. The summed E-state index contributed by atoms with van der Waals surface area (Å²) >= 11 is 0. The van der Waals surface area contributed by atoms with Crippen LogP contribution in [-0.4, -0.2) is 18.2 Å². The van der Waals surface area contributed by atoms with Crippen molar-refractivity contribution in [3.8, 4) is 0 Å². The molecular weight excluding hydrogens is 174 g/mol. The average molecular weight is 193 g/mol. The molecule has 0 radical (unpaired) electrons. The Kier molecular flexibility index (Phi) is 4.08. The molecule has 0 N–H and O–H groups in total. The molecule has 14 heavy (non-hydrogen) atoms. The van der Waals surface area contributed by atoms with Crippen LogP contribution in [0.25, 0.3) is 0 Å². The van der Waals surface area contributed by atoms with E-state index in [9.17, 15) is 0 Å². The molecule has 1 aliphatic heterocycles. The first-order chi connectivity index (χ1) is 6.77. The molecule has 2 nitrogen and oxygen atoms in total. The molecule has 0 spiro atoms. The lowest BCUT2D eigenvalue weighted by Crippen LogP contribution is -2.26. The van der Waals surface area contributed by atoms with Crippen molar-refractivity contribution >= 4 is 0 Å². The van der Waals surface area contributed by atoms with Gasteiger partial charge in [0, 0.05) is 12.1 Å². The Balaban J connectivity index is 0.000000461. The van der Waals surface area contributed by atoms with E-state index in [1.54, 1.807) is 0 Å². The molecule has 1 aromatic rings. The van der Waals surface area contributed by atoms with Crippen molar-refractivity contribution in [1.29, 1.82) is 0 Å². The summed E-state index contributed by atoms with van der Waals surface area (Å²) in [6, 6.07) is 2.18. The maximum Gasteiger partial charge on any atom is 0.0572 e. The second-order valence-electron chi connectivity index (χ2n) is 3.45. The molecule has 0 aromatic carbocycles. The quantitative estimate of drug-likeness (QED) is 0.684. The number of nitrogens with zero attached hydrogens (tertiary/aromatic N) is 1. The van der Waals surface area contributed by atoms with E-state index in [0.29, 0.717) is 5.92 Å². The summed E-state index contributed by atoms with van der Waals surface area (Å²) in [6.45, 7) is 9.88. The van der Waals surface area contributed by atoms with Crippen molar-refractivity contribution in [3.63, 3.8) is 0 Å². The maximum absolute atomic E-state index is 5.13. The minimum Gasteiger partial charge on any atom is -0.380 e. The van der Waals surface area contributed by atoms with Gasteiger partial charge in [0.25, 0.3) is 0 Å². The van der Waals surface area contributed by atoms with Crippen LogP contribution in [0.15, 0.2) is 12.3 Å². The standard InChI is InChI=1S/C10H13NO.C2H6/c1-7-3-8(2)10(11-4-7)9-5-12-6-9;1-2/h3-4,9H,5-6H2,1-2H3;1-2H3. The molecule has 0 aliphatic carbocycles. The van der Waals surface area contributed by atoms with Crippen molar-refractivity contribution in [2.24, 2.45) is 0 Å². The van der Waals surface area contributed by atoms with Crippen molar-refractivity contribution < 1.29 is 4.74 Å². The molecule has 0 amide bonds. The molecule has 0 atom stereocenters. The smallest absolute Gasteiger partial charge is 0.0572 e. The van der Waals surface area contributed by atoms with Gasteiger partial charge in [0.05, 0.1) is 18.9 Å². The predicted octanol–water partition coefficient (Wildman–Crippen LogP) is 2.84. The van der Waals surface area contributed by atoms with Crippen LogP contribution in [0.1, 0.15) is 36.6 Å². The van der Waals surface area contributed by atoms with E-state index < -0.39 is 0 Å². The average Bonchev–Trinajstić information content (AvgIpc) is 2.10. The Hall–Kier alpha value is -0.890. The van der Waals surface area contributed by atoms with E-state index in [1.165, 1.54) is 16.8 Å². The zero-order valence-electron chi connectivity index (χ0n) is 9.50. The Morgan fingerprint density at radius 1 is 1.29 bits per heavy atom. The molecule has 1 fully saturated rings. The Bertz CT molecular complexity index is 292. The third-order valence-electron chi connectivity index (χ3n) is 2.28. The summed E-state index contributed by atoms with van der Waals surface area (Å²) in [5.74, 6) is 0.547. The summed E-state index contributed by atoms with van der Waals surface area (Å²) in [6.07, 6.45) is 1.93. The van der Waals surface area contributed by atoms with Gasteiger partial charge in [0.1, 0.15) is 0 Å². The summed E-state index contributed by atoms with van der Waals surface area (Å²) < 4.78 is 5.13. The van der Waals surface area contributed by atoms with Crippen LogP contribution in [-0.2, 0) is 4.74 Å². The van der Waals surface area contributed by atoms with Crippen LogP contribution in [0, 0.1) is 13.8 Å². The van der Waals surface area contributed by atoms with Crippen LogP contribution < -0.4 is 0 Å². The number of aromatic nitrogens is 1. The monoisotopic (exact) mass is 193 g/mol. The molecule has 1 aromatic heterocycles. The Morgan fingerprint density at radius 3 is 2.36 bits per heavy atom. The highest BCUT2D eigenvalue weighted by Crippen LogP contribution is 2.24. The van der Waals surface area contributed by atoms with Crippen LogP contribution in [0.5, 0.6) is 0 Å². The Labute approximate surface area is 86.3 Å². The van der Waals surface area contributed by atoms with Crippen molar-refractivity contribution in [3.05, 3.63) is 29.1 Å². The summed E-state index contributed by atoms with van der Waals surface area (Å²) in [5.41, 5.74) is 3.74. The number of pyridine rings is 1. The van der Waals surface area contributed by atoms with Crippen molar-refractivity contribution in [2.45, 2.75) is 33.6 Å². The van der Waals surface area contributed by atoms with Gasteiger partial charge in [-0.25, -0.2) is 0 Å². The topological polar surface area (TPSA) is 22.1 Å². The highest BCUT2D eigenvalue weighted by molar-refractivity contribution is 5.26. The van der Waals surface area contributed by atoms with E-state index in [4.69, 9.17) is 4.74 Å². The molecule has 2 heteroatoms. The number of ether oxygens (including phenoxy) is 1. The van der Waals surface area contributed by atoms with Gasteiger partial charge in [-0.3, -0.25) is 4.98 Å². The fraction of sp³-hybridized carbons (Fsp3) is 0.583. The van der Waals surface area contributed by atoms with E-state index >= 15 is 0 Å². The first-order valence-corrected chi connectivity index (χ1v) is 5.28. The minimum absolute atomic E-state index is 0.547. The van der Waals surface area contributed by atoms with Crippen LogP contribution >= 0.6 is 0 Å². The van der Waals surface area contributed by atoms with Gasteiger partial charge in [-0.1, -0.05) is 19.9 Å². The lowest BCUT2D eigenvalue weighted by atomic mass is 9.98. The molecule has 2 heterocycles. The first-order valence-electron chi connectivity index (χ1n) is 5.28. The highest BCUT2D eigenvalue weighted by Gasteiger charge is 2.23. The van der Waals surface area contributed by atoms with Gasteiger partial charge in [-0.05, 0) is 25.0 Å². The zero-order valence-corrected chi connectivity index (χ0v) is 9.50. The molecule has 1 saturated heterocycles. The number of hydrogen-bond donors (Lipinski definition) is 0. The number of hydrogen-bond acceptors (Lipinski definition) is 2. The second-order valence-corrected chi connectivity index (χ2v) is 3.45. The van der Waals surface area contributed by atoms with E-state index in [0.717, 1.165) is 13.2 Å². The van der Waals surface area contributed by atoms with E-state index in [1.807, 2.05) is 20.0 Å². The Morgan fingerprint density at radius 2 is 1.93 bits per heavy atom. The molecular formula is C12H19NO. The fourth-order valence-corrected chi connectivity index (χ4v) is 1.55.